The van der Waals surface area contributed by atoms with Crippen molar-refractivity contribution < 1.29 is 14.3 Å². The molecule has 0 aliphatic heterocycles. The SMILES string of the molecule is CCN(c1cccc(F)c1)c1ccc(Cl)c(C(=O)O)n1. The molecule has 0 bridgehead atoms. The van der Waals surface area contributed by atoms with Crippen molar-refractivity contribution in [3.8, 4) is 0 Å². The molecule has 4 nitrogen and oxygen atoms in total. The van der Waals surface area contributed by atoms with Gasteiger partial charge in [0.1, 0.15) is 11.6 Å². The summed E-state index contributed by atoms with van der Waals surface area (Å²) in [4.78, 5) is 16.8. The zero-order chi connectivity index (χ0) is 14.7. The molecule has 0 amide bonds. The fourth-order valence-corrected chi connectivity index (χ4v) is 2.04. The molecule has 0 saturated heterocycles. The summed E-state index contributed by atoms with van der Waals surface area (Å²) >= 11 is 5.79. The third-order valence-electron chi connectivity index (χ3n) is 2.75. The second-order valence-electron chi connectivity index (χ2n) is 4.03. The van der Waals surface area contributed by atoms with Crippen LogP contribution in [0, 0.1) is 5.82 Å². The number of aromatic nitrogens is 1. The van der Waals surface area contributed by atoms with Crippen LogP contribution >= 0.6 is 11.6 Å². The maximum Gasteiger partial charge on any atom is 0.356 e. The first-order chi connectivity index (χ1) is 9.52. The third-order valence-corrected chi connectivity index (χ3v) is 3.05. The summed E-state index contributed by atoms with van der Waals surface area (Å²) in [6.45, 7) is 2.37. The lowest BCUT2D eigenvalue weighted by Crippen LogP contribution is -2.18. The quantitative estimate of drug-likeness (QED) is 0.933. The van der Waals surface area contributed by atoms with Crippen LogP contribution in [0.3, 0.4) is 0 Å². The van der Waals surface area contributed by atoms with Gasteiger partial charge >= 0.3 is 5.97 Å². The Morgan fingerprint density at radius 2 is 2.15 bits per heavy atom. The lowest BCUT2D eigenvalue weighted by atomic mass is 10.2. The van der Waals surface area contributed by atoms with Crippen LogP contribution in [0.15, 0.2) is 36.4 Å². The second kappa shape index (κ2) is 5.88. The topological polar surface area (TPSA) is 53.4 Å². The summed E-state index contributed by atoms with van der Waals surface area (Å²) < 4.78 is 13.3. The number of pyridine rings is 1. The van der Waals surface area contributed by atoms with Gasteiger partial charge in [-0.25, -0.2) is 14.2 Å². The number of halogens is 2. The van der Waals surface area contributed by atoms with Gasteiger partial charge in [-0.15, -0.1) is 0 Å². The minimum absolute atomic E-state index is 0.0662. The van der Waals surface area contributed by atoms with E-state index in [1.165, 1.54) is 18.2 Å². The number of benzene rings is 1. The first kappa shape index (κ1) is 14.3. The van der Waals surface area contributed by atoms with E-state index in [9.17, 15) is 9.18 Å². The van der Waals surface area contributed by atoms with E-state index in [1.807, 2.05) is 6.92 Å². The Bertz CT molecular complexity index is 649. The molecular weight excluding hydrogens is 283 g/mol. The number of aromatic carboxylic acids is 1. The highest BCUT2D eigenvalue weighted by atomic mass is 35.5. The Morgan fingerprint density at radius 3 is 2.75 bits per heavy atom. The smallest absolute Gasteiger partial charge is 0.356 e. The van der Waals surface area contributed by atoms with E-state index in [0.29, 0.717) is 18.1 Å². The van der Waals surface area contributed by atoms with Crippen molar-refractivity contribution in [2.24, 2.45) is 0 Å². The number of nitrogens with zero attached hydrogens (tertiary/aromatic N) is 2. The molecule has 1 aromatic heterocycles. The lowest BCUT2D eigenvalue weighted by molar-refractivity contribution is 0.0691. The second-order valence-corrected chi connectivity index (χ2v) is 4.44. The summed E-state index contributed by atoms with van der Waals surface area (Å²) in [5.74, 6) is -1.17. The minimum Gasteiger partial charge on any atom is -0.476 e. The number of rotatable bonds is 4. The van der Waals surface area contributed by atoms with Crippen LogP contribution in [0.5, 0.6) is 0 Å². The van der Waals surface area contributed by atoms with E-state index in [4.69, 9.17) is 16.7 Å². The predicted octanol–water partition coefficient (Wildman–Crippen LogP) is 3.73. The van der Waals surface area contributed by atoms with Crippen molar-refractivity contribution in [1.29, 1.82) is 0 Å². The first-order valence-corrected chi connectivity index (χ1v) is 6.33. The third kappa shape index (κ3) is 2.88. The van der Waals surface area contributed by atoms with Crippen LogP contribution < -0.4 is 4.90 Å². The van der Waals surface area contributed by atoms with Gasteiger partial charge in [-0.2, -0.15) is 0 Å². The Morgan fingerprint density at radius 1 is 1.40 bits per heavy atom. The van der Waals surface area contributed by atoms with Crippen LogP contribution in [0.4, 0.5) is 15.9 Å². The Balaban J connectivity index is 2.47. The standard InChI is InChI=1S/C14H12ClFN2O2/c1-2-18(10-5-3-4-9(16)8-10)12-7-6-11(15)13(17-12)14(19)20/h3-8H,2H2,1H3,(H,19,20). The van der Waals surface area contributed by atoms with Gasteiger partial charge in [0.15, 0.2) is 5.69 Å². The highest BCUT2D eigenvalue weighted by Gasteiger charge is 2.15. The monoisotopic (exact) mass is 294 g/mol. The normalized spacial score (nSPS) is 10.3. The lowest BCUT2D eigenvalue weighted by Gasteiger charge is -2.22. The van der Waals surface area contributed by atoms with Gasteiger partial charge in [0.2, 0.25) is 0 Å². The molecular formula is C14H12ClFN2O2. The van der Waals surface area contributed by atoms with Crippen LogP contribution in [-0.2, 0) is 0 Å². The van der Waals surface area contributed by atoms with Gasteiger partial charge in [-0.3, -0.25) is 0 Å². The van der Waals surface area contributed by atoms with Gasteiger partial charge in [0, 0.05) is 12.2 Å². The van der Waals surface area contributed by atoms with Crippen LogP contribution in [0.2, 0.25) is 5.02 Å². The predicted molar refractivity (Wildman–Crippen MR) is 75.3 cm³/mol. The summed E-state index contributed by atoms with van der Waals surface area (Å²) in [6, 6.07) is 9.08. The van der Waals surface area contributed by atoms with E-state index in [2.05, 4.69) is 4.98 Å². The molecule has 0 aliphatic carbocycles. The molecule has 104 valence electrons. The molecule has 0 unspecified atom stereocenters. The number of carboxylic acids is 1. The van der Waals surface area contributed by atoms with Gasteiger partial charge in [0.05, 0.1) is 5.02 Å². The Kier molecular flexibility index (Phi) is 4.20. The van der Waals surface area contributed by atoms with Crippen LogP contribution in [0.25, 0.3) is 0 Å². The fraction of sp³-hybridized carbons (Fsp3) is 0.143. The summed E-state index contributed by atoms with van der Waals surface area (Å²) in [5.41, 5.74) is 0.373. The van der Waals surface area contributed by atoms with Crippen LogP contribution in [0.1, 0.15) is 17.4 Å². The van der Waals surface area contributed by atoms with Crippen molar-refractivity contribution in [2.75, 3.05) is 11.4 Å². The van der Waals surface area contributed by atoms with E-state index >= 15 is 0 Å². The number of carbonyl (C=O) groups is 1. The van der Waals surface area contributed by atoms with Crippen molar-refractivity contribution in [3.63, 3.8) is 0 Å². The zero-order valence-electron chi connectivity index (χ0n) is 10.7. The zero-order valence-corrected chi connectivity index (χ0v) is 11.4. The van der Waals surface area contributed by atoms with Crippen molar-refractivity contribution in [2.45, 2.75) is 6.92 Å². The van der Waals surface area contributed by atoms with E-state index in [0.717, 1.165) is 0 Å². The highest BCUT2D eigenvalue weighted by molar-refractivity contribution is 6.33. The molecule has 0 aliphatic rings. The Labute approximate surface area is 120 Å². The maximum absolute atomic E-state index is 13.3. The summed E-state index contributed by atoms with van der Waals surface area (Å²) in [5, 5.41) is 9.10. The number of hydrogen-bond acceptors (Lipinski definition) is 3. The van der Waals surface area contributed by atoms with Crippen LogP contribution in [-0.4, -0.2) is 22.6 Å². The molecule has 20 heavy (non-hydrogen) atoms. The number of carboxylic acid groups (broad SMARTS) is 1. The van der Waals surface area contributed by atoms with Gasteiger partial charge in [-0.05, 0) is 37.3 Å². The van der Waals surface area contributed by atoms with Gasteiger partial charge < -0.3 is 10.0 Å². The van der Waals surface area contributed by atoms with E-state index in [-0.39, 0.29) is 16.5 Å². The average Bonchev–Trinajstić information content (AvgIpc) is 2.41. The van der Waals surface area contributed by atoms with E-state index in [1.54, 1.807) is 23.1 Å². The average molecular weight is 295 g/mol. The summed E-state index contributed by atoms with van der Waals surface area (Å²) in [6.07, 6.45) is 0. The molecule has 6 heteroatoms. The molecule has 1 aromatic carbocycles. The van der Waals surface area contributed by atoms with E-state index < -0.39 is 5.97 Å². The number of anilines is 2. The molecule has 0 saturated carbocycles. The van der Waals surface area contributed by atoms with Gasteiger partial charge in [0.25, 0.3) is 0 Å². The fourth-order valence-electron chi connectivity index (χ4n) is 1.85. The largest absolute Gasteiger partial charge is 0.476 e. The molecule has 0 spiro atoms. The molecule has 0 atom stereocenters. The molecule has 2 aromatic rings. The Hall–Kier alpha value is -2.14. The van der Waals surface area contributed by atoms with Crippen molar-refractivity contribution >= 4 is 29.1 Å². The van der Waals surface area contributed by atoms with Crippen molar-refractivity contribution in [1.82, 2.24) is 4.98 Å². The highest BCUT2D eigenvalue weighted by Crippen LogP contribution is 2.26. The van der Waals surface area contributed by atoms with Crippen molar-refractivity contribution in [3.05, 3.63) is 52.9 Å². The van der Waals surface area contributed by atoms with Gasteiger partial charge in [-0.1, -0.05) is 17.7 Å². The molecule has 0 fully saturated rings. The molecule has 0 radical (unpaired) electrons. The molecule has 1 heterocycles. The maximum atomic E-state index is 13.3. The molecule has 1 N–H and O–H groups in total. The molecule has 2 rings (SSSR count). The minimum atomic E-state index is -1.20. The summed E-state index contributed by atoms with van der Waals surface area (Å²) in [7, 11) is 0. The first-order valence-electron chi connectivity index (χ1n) is 5.96. The number of hydrogen-bond donors (Lipinski definition) is 1.